The van der Waals surface area contributed by atoms with E-state index in [1.165, 1.54) is 0 Å². The lowest BCUT2D eigenvalue weighted by molar-refractivity contribution is -0.153. The molecule has 0 aliphatic carbocycles. The number of carbonyl (C=O) groups is 1. The molecule has 2 nitrogen and oxygen atoms in total. The highest BCUT2D eigenvalue weighted by atomic mass is 16.1. The fourth-order valence-electron chi connectivity index (χ4n) is 2.44. The maximum absolute atomic E-state index is 12.6. The quantitative estimate of drug-likeness (QED) is 0.667. The van der Waals surface area contributed by atoms with Gasteiger partial charge in [0.05, 0.1) is 0 Å². The van der Waals surface area contributed by atoms with E-state index < -0.39 is 0 Å². The Labute approximate surface area is 93.8 Å². The average Bonchev–Trinajstić information content (AvgIpc) is 1.98. The van der Waals surface area contributed by atoms with Crippen LogP contribution in [0.5, 0.6) is 0 Å². The first kappa shape index (κ1) is 12.7. The van der Waals surface area contributed by atoms with E-state index in [1.54, 1.807) is 0 Å². The van der Waals surface area contributed by atoms with Crippen LogP contribution < -0.4 is 5.32 Å². The van der Waals surface area contributed by atoms with Crippen LogP contribution in [0.2, 0.25) is 0 Å². The van der Waals surface area contributed by atoms with Crippen LogP contribution in [0.3, 0.4) is 0 Å². The van der Waals surface area contributed by atoms with Crippen LogP contribution >= 0.6 is 0 Å². The summed E-state index contributed by atoms with van der Waals surface area (Å²) in [7, 11) is 0. The monoisotopic (exact) mass is 211 g/mol. The van der Waals surface area contributed by atoms with Crippen LogP contribution in [0.25, 0.3) is 0 Å². The molecule has 15 heavy (non-hydrogen) atoms. The zero-order chi connectivity index (χ0) is 12.3. The normalized spacial score (nSPS) is 31.3. The number of nitrogens with one attached hydrogen (secondary N) is 1. The molecule has 0 aromatic heterocycles. The van der Waals surface area contributed by atoms with E-state index in [-0.39, 0.29) is 21.9 Å². The largest absolute Gasteiger partial charge is 0.305 e. The maximum Gasteiger partial charge on any atom is 0.147 e. The summed E-state index contributed by atoms with van der Waals surface area (Å²) in [5.41, 5.74) is -0.982. The van der Waals surface area contributed by atoms with E-state index in [0.717, 1.165) is 0 Å². The minimum atomic E-state index is -0.327. The zero-order valence-electron chi connectivity index (χ0n) is 11.4. The molecule has 0 bridgehead atoms. The summed E-state index contributed by atoms with van der Waals surface area (Å²) in [6.45, 7) is 16.6. The maximum atomic E-state index is 12.6. The first-order valence-corrected chi connectivity index (χ1v) is 5.70. The molecule has 1 saturated heterocycles. The molecule has 0 unspecified atom stereocenters. The molecule has 1 aliphatic heterocycles. The lowest BCUT2D eigenvalue weighted by atomic mass is 9.54. The summed E-state index contributed by atoms with van der Waals surface area (Å²) < 4.78 is 0. The van der Waals surface area contributed by atoms with Crippen molar-refractivity contribution in [3.8, 4) is 0 Å². The van der Waals surface area contributed by atoms with Gasteiger partial charge in [-0.1, -0.05) is 27.7 Å². The van der Waals surface area contributed by atoms with Crippen molar-refractivity contribution in [3.05, 3.63) is 0 Å². The molecule has 1 N–H and O–H groups in total. The Hall–Kier alpha value is -0.370. The van der Waals surface area contributed by atoms with Crippen LogP contribution in [0.4, 0.5) is 0 Å². The Kier molecular flexibility index (Phi) is 2.41. The molecule has 0 spiro atoms. The van der Waals surface area contributed by atoms with Crippen LogP contribution in [0, 0.1) is 10.8 Å². The molecule has 1 fully saturated rings. The van der Waals surface area contributed by atoms with Crippen molar-refractivity contribution in [2.24, 2.45) is 10.8 Å². The molecule has 1 rings (SSSR count). The van der Waals surface area contributed by atoms with E-state index in [2.05, 4.69) is 33.0 Å². The second-order valence-electron chi connectivity index (χ2n) is 6.95. The molecule has 0 saturated carbocycles. The van der Waals surface area contributed by atoms with Crippen LogP contribution in [-0.2, 0) is 4.79 Å². The lowest BCUT2D eigenvalue weighted by Gasteiger charge is -2.59. The zero-order valence-corrected chi connectivity index (χ0v) is 11.4. The van der Waals surface area contributed by atoms with E-state index in [0.29, 0.717) is 5.78 Å². The third-order valence-corrected chi connectivity index (χ3v) is 4.89. The molecular formula is C13H25NO. The average molecular weight is 211 g/mol. The van der Waals surface area contributed by atoms with Crippen molar-refractivity contribution < 1.29 is 4.79 Å². The molecule has 0 atom stereocenters. The molecule has 88 valence electrons. The van der Waals surface area contributed by atoms with Gasteiger partial charge in [-0.25, -0.2) is 0 Å². The fraction of sp³-hybridized carbons (Fsp3) is 0.923. The van der Waals surface area contributed by atoms with Gasteiger partial charge in [-0.05, 0) is 27.7 Å². The van der Waals surface area contributed by atoms with E-state index >= 15 is 0 Å². The highest BCUT2D eigenvalue weighted by molar-refractivity contribution is 5.92. The van der Waals surface area contributed by atoms with Gasteiger partial charge in [-0.2, -0.15) is 0 Å². The van der Waals surface area contributed by atoms with E-state index in [9.17, 15) is 4.79 Å². The van der Waals surface area contributed by atoms with Crippen molar-refractivity contribution >= 4 is 5.78 Å². The van der Waals surface area contributed by atoms with Gasteiger partial charge in [0.15, 0.2) is 0 Å². The fourth-order valence-corrected chi connectivity index (χ4v) is 2.44. The van der Waals surface area contributed by atoms with Crippen LogP contribution in [0.1, 0.15) is 55.4 Å². The highest BCUT2D eigenvalue weighted by Gasteiger charge is 2.59. The molecular weight excluding hydrogens is 186 g/mol. The molecule has 1 aliphatic rings. The van der Waals surface area contributed by atoms with Gasteiger partial charge in [0.1, 0.15) is 5.78 Å². The van der Waals surface area contributed by atoms with Crippen LogP contribution in [-0.4, -0.2) is 16.9 Å². The summed E-state index contributed by atoms with van der Waals surface area (Å²) in [6, 6.07) is 0. The molecule has 2 heteroatoms. The van der Waals surface area contributed by atoms with Gasteiger partial charge >= 0.3 is 0 Å². The number of carbonyl (C=O) groups excluding carboxylic acids is 1. The Morgan fingerprint density at radius 3 is 1.27 bits per heavy atom. The molecule has 1 heterocycles. The summed E-state index contributed by atoms with van der Waals surface area (Å²) in [5.74, 6) is 0.351. The number of hydrogen-bond acceptors (Lipinski definition) is 2. The Morgan fingerprint density at radius 1 is 0.733 bits per heavy atom. The van der Waals surface area contributed by atoms with Crippen LogP contribution in [0.15, 0.2) is 0 Å². The first-order valence-electron chi connectivity index (χ1n) is 5.70. The minimum absolute atomic E-state index is 0.164. The molecule has 0 radical (unpaired) electrons. The van der Waals surface area contributed by atoms with Crippen molar-refractivity contribution in [1.82, 2.24) is 5.32 Å². The highest BCUT2D eigenvalue weighted by Crippen LogP contribution is 2.48. The summed E-state index contributed by atoms with van der Waals surface area (Å²) >= 11 is 0. The topological polar surface area (TPSA) is 29.1 Å². The third kappa shape index (κ3) is 1.45. The Bertz CT molecular complexity index is 270. The molecule has 0 aromatic rings. The van der Waals surface area contributed by atoms with Gasteiger partial charge in [-0.15, -0.1) is 0 Å². The Balaban J connectivity index is 3.31. The van der Waals surface area contributed by atoms with Crippen molar-refractivity contribution in [2.75, 3.05) is 0 Å². The van der Waals surface area contributed by atoms with Crippen molar-refractivity contribution in [1.29, 1.82) is 0 Å². The van der Waals surface area contributed by atoms with Gasteiger partial charge in [0.25, 0.3) is 0 Å². The second kappa shape index (κ2) is 2.85. The van der Waals surface area contributed by atoms with Gasteiger partial charge in [-0.3, -0.25) is 4.79 Å². The first-order chi connectivity index (χ1) is 6.36. The van der Waals surface area contributed by atoms with Crippen molar-refractivity contribution in [2.45, 2.75) is 66.5 Å². The predicted octanol–water partition coefficient (Wildman–Crippen LogP) is 2.77. The summed E-state index contributed by atoms with van der Waals surface area (Å²) in [4.78, 5) is 12.6. The van der Waals surface area contributed by atoms with Gasteiger partial charge < -0.3 is 5.32 Å². The summed E-state index contributed by atoms with van der Waals surface area (Å²) in [6.07, 6.45) is 0. The number of Topliss-reactive ketones (excluding diaryl/α,β-unsaturated/α-hetero) is 1. The smallest absolute Gasteiger partial charge is 0.147 e. The standard InChI is InChI=1S/C13H25NO/c1-10(2)9(15)11(3,4)13(7,8)14-12(10,5)6/h14H,1-8H3. The van der Waals surface area contributed by atoms with Gasteiger partial charge in [0, 0.05) is 21.9 Å². The SMILES string of the molecule is CC1(C)NC(C)(C)C(C)(C)C(=O)C1(C)C. The number of rotatable bonds is 0. The Morgan fingerprint density at radius 2 is 1.00 bits per heavy atom. The summed E-state index contributed by atoms with van der Waals surface area (Å²) in [5, 5.41) is 3.62. The number of hydrogen-bond donors (Lipinski definition) is 1. The minimum Gasteiger partial charge on any atom is -0.305 e. The lowest BCUT2D eigenvalue weighted by Crippen LogP contribution is -2.74. The van der Waals surface area contributed by atoms with Gasteiger partial charge in [0.2, 0.25) is 0 Å². The second-order valence-corrected chi connectivity index (χ2v) is 6.95. The van der Waals surface area contributed by atoms with E-state index in [1.807, 2.05) is 27.7 Å². The number of piperidine rings is 1. The number of ketones is 1. The third-order valence-electron chi connectivity index (χ3n) is 4.89. The molecule has 0 aromatic carbocycles. The molecule has 0 amide bonds. The van der Waals surface area contributed by atoms with E-state index in [4.69, 9.17) is 0 Å². The predicted molar refractivity (Wildman–Crippen MR) is 63.9 cm³/mol. The van der Waals surface area contributed by atoms with Crippen molar-refractivity contribution in [3.63, 3.8) is 0 Å².